The molecule has 10 rings (SSSR count). The summed E-state index contributed by atoms with van der Waals surface area (Å²) >= 11 is 0. The standard InChI is InChI=1S/C55H48N2/c1-4-34-55(35-5-2)47-36-39(52(38-20-9-6-10-21-38)46-29-19-31-50-54(46)45-28-17-18-30-49(45)56(50)3)32-33-44(47)53-43-27-16-15-26-42(43)51(37-48(53)55)57(40-22-11-7-12-23-40)41-24-13-8-14-25-41/h6-33,36-37,52H,4-5,34-35H2,1-3H3. The van der Waals surface area contributed by atoms with Crippen LogP contribution in [0.15, 0.2) is 182 Å². The Balaban J connectivity index is 1.25. The fraction of sp³-hybridized carbons (Fsp3) is 0.164. The van der Waals surface area contributed by atoms with Crippen LogP contribution in [0.5, 0.6) is 0 Å². The molecular formula is C55H48N2. The summed E-state index contributed by atoms with van der Waals surface area (Å²) in [5, 5.41) is 5.25. The molecule has 0 aliphatic heterocycles. The van der Waals surface area contributed by atoms with E-state index < -0.39 is 0 Å². The molecule has 1 heterocycles. The number of para-hydroxylation sites is 3. The van der Waals surface area contributed by atoms with Crippen molar-refractivity contribution in [2.24, 2.45) is 7.05 Å². The molecule has 0 radical (unpaired) electrons. The van der Waals surface area contributed by atoms with E-state index in [1.165, 1.54) is 77.2 Å². The molecule has 0 saturated heterocycles. The summed E-state index contributed by atoms with van der Waals surface area (Å²) in [5.41, 5.74) is 15.7. The van der Waals surface area contributed by atoms with E-state index >= 15 is 0 Å². The van der Waals surface area contributed by atoms with Crippen LogP contribution in [0.25, 0.3) is 43.7 Å². The predicted octanol–water partition coefficient (Wildman–Crippen LogP) is 15.0. The van der Waals surface area contributed by atoms with Gasteiger partial charge in [0.15, 0.2) is 0 Å². The number of aryl methyl sites for hydroxylation is 1. The Hall–Kier alpha value is -6.38. The first-order valence-corrected chi connectivity index (χ1v) is 20.7. The van der Waals surface area contributed by atoms with Gasteiger partial charge in [0.2, 0.25) is 0 Å². The Morgan fingerprint density at radius 2 is 1.09 bits per heavy atom. The van der Waals surface area contributed by atoms with Gasteiger partial charge in [-0.05, 0) is 99.6 Å². The Morgan fingerprint density at radius 1 is 0.509 bits per heavy atom. The van der Waals surface area contributed by atoms with E-state index in [4.69, 9.17) is 0 Å². The van der Waals surface area contributed by atoms with Crippen LogP contribution in [0.1, 0.15) is 73.3 Å². The molecule has 57 heavy (non-hydrogen) atoms. The molecule has 1 aliphatic rings. The van der Waals surface area contributed by atoms with Gasteiger partial charge in [-0.2, -0.15) is 0 Å². The number of benzene rings is 8. The molecule has 0 amide bonds. The lowest BCUT2D eigenvalue weighted by Crippen LogP contribution is -2.26. The molecule has 2 heteroatoms. The van der Waals surface area contributed by atoms with E-state index in [1.54, 1.807) is 0 Å². The third kappa shape index (κ3) is 5.53. The summed E-state index contributed by atoms with van der Waals surface area (Å²) < 4.78 is 2.36. The van der Waals surface area contributed by atoms with Crippen LogP contribution in [0.4, 0.5) is 17.1 Å². The predicted molar refractivity (Wildman–Crippen MR) is 242 cm³/mol. The topological polar surface area (TPSA) is 8.17 Å². The molecule has 1 atom stereocenters. The van der Waals surface area contributed by atoms with Crippen LogP contribution >= 0.6 is 0 Å². The highest BCUT2D eigenvalue weighted by Crippen LogP contribution is 2.59. The van der Waals surface area contributed by atoms with Crippen LogP contribution in [0.3, 0.4) is 0 Å². The number of fused-ring (bicyclic) bond motifs is 8. The van der Waals surface area contributed by atoms with Crippen molar-refractivity contribution in [3.63, 3.8) is 0 Å². The van der Waals surface area contributed by atoms with Crippen molar-refractivity contribution in [3.05, 3.63) is 210 Å². The highest BCUT2D eigenvalue weighted by molar-refractivity contribution is 6.11. The van der Waals surface area contributed by atoms with Crippen molar-refractivity contribution in [3.8, 4) is 11.1 Å². The third-order valence-corrected chi connectivity index (χ3v) is 12.7. The van der Waals surface area contributed by atoms with Gasteiger partial charge in [0.25, 0.3) is 0 Å². The number of aromatic nitrogens is 1. The van der Waals surface area contributed by atoms with E-state index in [-0.39, 0.29) is 11.3 Å². The minimum absolute atomic E-state index is 0.0645. The molecule has 0 N–H and O–H groups in total. The van der Waals surface area contributed by atoms with Gasteiger partial charge >= 0.3 is 0 Å². The van der Waals surface area contributed by atoms with Crippen molar-refractivity contribution < 1.29 is 0 Å². The lowest BCUT2D eigenvalue weighted by molar-refractivity contribution is 0.435. The molecule has 278 valence electrons. The van der Waals surface area contributed by atoms with Gasteiger partial charge in [0, 0.05) is 56.9 Å². The summed E-state index contributed by atoms with van der Waals surface area (Å²) in [4.78, 5) is 2.47. The van der Waals surface area contributed by atoms with Crippen LogP contribution in [0.2, 0.25) is 0 Å². The Morgan fingerprint density at radius 3 is 1.75 bits per heavy atom. The van der Waals surface area contributed by atoms with E-state index in [0.29, 0.717) is 0 Å². The first kappa shape index (κ1) is 35.1. The average Bonchev–Trinajstić information content (AvgIpc) is 3.71. The highest BCUT2D eigenvalue weighted by Gasteiger charge is 2.44. The molecule has 0 fully saturated rings. The van der Waals surface area contributed by atoms with Crippen LogP contribution in [-0.2, 0) is 12.5 Å². The SMILES string of the molecule is CCCC1(CCC)c2cc(C(c3ccccc3)c3cccc4c3c3ccccc3n4C)ccc2-c2c1cc(N(c1ccccc1)c1ccccc1)c1ccccc21. The van der Waals surface area contributed by atoms with Gasteiger partial charge in [-0.1, -0.05) is 166 Å². The monoisotopic (exact) mass is 736 g/mol. The van der Waals surface area contributed by atoms with Crippen LogP contribution < -0.4 is 4.90 Å². The summed E-state index contributed by atoms with van der Waals surface area (Å²) in [6.45, 7) is 4.74. The van der Waals surface area contributed by atoms with Crippen molar-refractivity contribution in [1.82, 2.24) is 4.57 Å². The van der Waals surface area contributed by atoms with Crippen LogP contribution in [0, 0.1) is 0 Å². The molecule has 2 nitrogen and oxygen atoms in total. The first-order chi connectivity index (χ1) is 28.1. The number of anilines is 3. The summed E-state index contributed by atoms with van der Waals surface area (Å²) in [6.07, 6.45) is 4.38. The number of nitrogens with zero attached hydrogens (tertiary/aromatic N) is 2. The zero-order valence-electron chi connectivity index (χ0n) is 33.1. The molecule has 8 aromatic carbocycles. The lowest BCUT2D eigenvalue weighted by Gasteiger charge is -2.34. The molecule has 0 saturated carbocycles. The second-order valence-electron chi connectivity index (χ2n) is 15.9. The first-order valence-electron chi connectivity index (χ1n) is 20.7. The molecule has 0 bridgehead atoms. The van der Waals surface area contributed by atoms with E-state index in [0.717, 1.165) is 37.1 Å². The van der Waals surface area contributed by atoms with Gasteiger partial charge < -0.3 is 9.47 Å². The second-order valence-corrected chi connectivity index (χ2v) is 15.9. The Labute approximate surface area is 336 Å². The molecule has 1 aromatic heterocycles. The van der Waals surface area contributed by atoms with Crippen molar-refractivity contribution in [2.45, 2.75) is 50.9 Å². The zero-order chi connectivity index (χ0) is 38.5. The number of hydrogen-bond acceptors (Lipinski definition) is 1. The minimum Gasteiger partial charge on any atom is -0.344 e. The fourth-order valence-electron chi connectivity index (χ4n) is 10.5. The van der Waals surface area contributed by atoms with Crippen molar-refractivity contribution in [1.29, 1.82) is 0 Å². The smallest absolute Gasteiger partial charge is 0.0543 e. The maximum Gasteiger partial charge on any atom is 0.0543 e. The van der Waals surface area contributed by atoms with Gasteiger partial charge in [0.1, 0.15) is 0 Å². The minimum atomic E-state index is -0.130. The normalized spacial score (nSPS) is 13.5. The lowest BCUT2D eigenvalue weighted by atomic mass is 9.70. The largest absolute Gasteiger partial charge is 0.344 e. The number of rotatable bonds is 10. The quantitative estimate of drug-likeness (QED) is 0.127. The zero-order valence-corrected chi connectivity index (χ0v) is 33.1. The van der Waals surface area contributed by atoms with Gasteiger partial charge in [0.05, 0.1) is 5.69 Å². The molecule has 9 aromatic rings. The maximum absolute atomic E-state index is 2.63. The third-order valence-electron chi connectivity index (χ3n) is 12.7. The van der Waals surface area contributed by atoms with Gasteiger partial charge in [-0.25, -0.2) is 0 Å². The van der Waals surface area contributed by atoms with Crippen molar-refractivity contribution in [2.75, 3.05) is 4.90 Å². The van der Waals surface area contributed by atoms with E-state index in [2.05, 4.69) is 212 Å². The highest BCUT2D eigenvalue weighted by atomic mass is 15.1. The van der Waals surface area contributed by atoms with E-state index in [1.807, 2.05) is 0 Å². The Kier molecular flexibility index (Phi) is 8.79. The number of hydrogen-bond donors (Lipinski definition) is 0. The molecular weight excluding hydrogens is 689 g/mol. The van der Waals surface area contributed by atoms with Crippen LogP contribution in [-0.4, -0.2) is 4.57 Å². The maximum atomic E-state index is 2.63. The second kappa shape index (κ2) is 14.3. The molecule has 1 unspecified atom stereocenters. The molecule has 0 spiro atoms. The molecule has 1 aliphatic carbocycles. The summed E-state index contributed by atoms with van der Waals surface area (Å²) in [7, 11) is 2.21. The van der Waals surface area contributed by atoms with Crippen molar-refractivity contribution >= 4 is 49.6 Å². The summed E-state index contributed by atoms with van der Waals surface area (Å²) in [5.74, 6) is 0.0645. The van der Waals surface area contributed by atoms with Gasteiger partial charge in [-0.3, -0.25) is 0 Å². The average molecular weight is 737 g/mol. The van der Waals surface area contributed by atoms with Gasteiger partial charge in [-0.15, -0.1) is 0 Å². The van der Waals surface area contributed by atoms with E-state index in [9.17, 15) is 0 Å². The fourth-order valence-corrected chi connectivity index (χ4v) is 10.5. The Bertz CT molecular complexity index is 2840. The summed E-state index contributed by atoms with van der Waals surface area (Å²) in [6, 6.07) is 68.0.